The highest BCUT2D eigenvalue weighted by molar-refractivity contribution is 7.90. The van der Waals surface area contributed by atoms with E-state index in [1.807, 2.05) is 12.1 Å². The lowest BCUT2D eigenvalue weighted by Crippen LogP contribution is -2.36. The van der Waals surface area contributed by atoms with Crippen molar-refractivity contribution >= 4 is 21.9 Å². The number of hydrogen-bond donors (Lipinski definition) is 2. The summed E-state index contributed by atoms with van der Waals surface area (Å²) < 4.78 is 26.8. The molecular formula is C13H20N2O4S. The molecule has 0 heterocycles. The van der Waals surface area contributed by atoms with Crippen LogP contribution >= 0.6 is 0 Å². The quantitative estimate of drug-likeness (QED) is 0.865. The van der Waals surface area contributed by atoms with Gasteiger partial charge in [-0.05, 0) is 23.1 Å². The fourth-order valence-electron chi connectivity index (χ4n) is 1.54. The number of aliphatic carboxylic acids is 1. The van der Waals surface area contributed by atoms with Gasteiger partial charge < -0.3 is 5.11 Å². The molecule has 0 saturated heterocycles. The Bertz CT molecular complexity index is 573. The lowest BCUT2D eigenvalue weighted by molar-refractivity contribution is -0.137. The number of likely N-dealkylation sites (N-methyl/N-ethyl adjacent to an activating group) is 1. The maximum atomic E-state index is 11.9. The number of carboxylic acid groups (broad SMARTS) is 1. The molecule has 0 aliphatic carbocycles. The second-order valence-corrected chi connectivity index (χ2v) is 7.36. The van der Waals surface area contributed by atoms with Gasteiger partial charge in [-0.15, -0.1) is 0 Å². The summed E-state index contributed by atoms with van der Waals surface area (Å²) in [5.74, 6) is -1.21. The molecule has 0 atom stereocenters. The predicted molar refractivity (Wildman–Crippen MR) is 78.0 cm³/mol. The Labute approximate surface area is 119 Å². The molecule has 1 aromatic carbocycles. The maximum Gasteiger partial charge on any atom is 0.318 e. The number of nitrogens with one attached hydrogen (secondary N) is 1. The molecule has 0 fully saturated rings. The minimum absolute atomic E-state index is 0.0164. The summed E-state index contributed by atoms with van der Waals surface area (Å²) >= 11 is 0. The van der Waals surface area contributed by atoms with Crippen LogP contribution in [0.5, 0.6) is 0 Å². The number of nitrogens with zero attached hydrogens (tertiary/aromatic N) is 1. The van der Waals surface area contributed by atoms with E-state index in [4.69, 9.17) is 5.11 Å². The van der Waals surface area contributed by atoms with Crippen LogP contribution in [-0.2, 0) is 20.4 Å². The van der Waals surface area contributed by atoms with Crippen molar-refractivity contribution in [2.24, 2.45) is 0 Å². The molecule has 0 spiro atoms. The first kappa shape index (κ1) is 16.5. The smallest absolute Gasteiger partial charge is 0.318 e. The fourth-order valence-corrected chi connectivity index (χ4v) is 2.41. The molecule has 2 N–H and O–H groups in total. The van der Waals surface area contributed by atoms with Crippen molar-refractivity contribution in [1.82, 2.24) is 4.31 Å². The Balaban J connectivity index is 2.86. The van der Waals surface area contributed by atoms with Crippen LogP contribution in [0.15, 0.2) is 24.3 Å². The van der Waals surface area contributed by atoms with Crippen LogP contribution in [0.1, 0.15) is 26.3 Å². The Hall–Kier alpha value is -1.60. The molecule has 20 heavy (non-hydrogen) atoms. The van der Waals surface area contributed by atoms with Crippen molar-refractivity contribution in [2.75, 3.05) is 18.3 Å². The van der Waals surface area contributed by atoms with E-state index in [1.54, 1.807) is 12.1 Å². The molecule has 6 nitrogen and oxygen atoms in total. The third-order valence-corrected chi connectivity index (χ3v) is 4.21. The fraction of sp³-hybridized carbons (Fsp3) is 0.462. The largest absolute Gasteiger partial charge is 0.480 e. The van der Waals surface area contributed by atoms with Crippen molar-refractivity contribution in [1.29, 1.82) is 0 Å². The van der Waals surface area contributed by atoms with Gasteiger partial charge in [0.25, 0.3) is 0 Å². The molecule has 112 valence electrons. The van der Waals surface area contributed by atoms with E-state index in [2.05, 4.69) is 25.5 Å². The molecule has 0 radical (unpaired) electrons. The van der Waals surface area contributed by atoms with E-state index in [0.717, 1.165) is 9.87 Å². The second kappa shape index (κ2) is 5.80. The van der Waals surface area contributed by atoms with Crippen LogP contribution < -0.4 is 4.72 Å². The summed E-state index contributed by atoms with van der Waals surface area (Å²) in [6, 6.07) is 7.00. The summed E-state index contributed by atoms with van der Waals surface area (Å²) in [4.78, 5) is 10.5. The number of anilines is 1. The van der Waals surface area contributed by atoms with Gasteiger partial charge in [-0.25, -0.2) is 0 Å². The molecule has 0 saturated carbocycles. The van der Waals surface area contributed by atoms with Crippen molar-refractivity contribution < 1.29 is 18.3 Å². The molecule has 0 unspecified atom stereocenters. The SMILES string of the molecule is CN(CC(=O)O)S(=O)(=O)Nc1ccc(C(C)(C)C)cc1. The first-order chi connectivity index (χ1) is 9.02. The first-order valence-electron chi connectivity index (χ1n) is 6.09. The van der Waals surface area contributed by atoms with E-state index < -0.39 is 22.7 Å². The van der Waals surface area contributed by atoms with E-state index >= 15 is 0 Å². The Morgan fingerprint density at radius 3 is 2.15 bits per heavy atom. The number of carbonyl (C=O) groups is 1. The van der Waals surface area contributed by atoms with E-state index in [1.165, 1.54) is 7.05 Å². The normalized spacial score (nSPS) is 12.4. The Morgan fingerprint density at radius 1 is 1.25 bits per heavy atom. The number of rotatable bonds is 5. The first-order valence-corrected chi connectivity index (χ1v) is 7.53. The average Bonchev–Trinajstić information content (AvgIpc) is 2.26. The van der Waals surface area contributed by atoms with Crippen LogP contribution in [0.25, 0.3) is 0 Å². The molecule has 1 rings (SSSR count). The minimum Gasteiger partial charge on any atom is -0.480 e. The lowest BCUT2D eigenvalue weighted by Gasteiger charge is -2.20. The van der Waals surface area contributed by atoms with Gasteiger partial charge in [-0.3, -0.25) is 9.52 Å². The highest BCUT2D eigenvalue weighted by Crippen LogP contribution is 2.23. The number of hydrogen-bond acceptors (Lipinski definition) is 3. The molecular weight excluding hydrogens is 280 g/mol. The molecule has 0 aliphatic rings. The van der Waals surface area contributed by atoms with Crippen LogP contribution in [0, 0.1) is 0 Å². The third-order valence-electron chi connectivity index (χ3n) is 2.77. The van der Waals surface area contributed by atoms with Gasteiger partial charge >= 0.3 is 16.2 Å². The van der Waals surface area contributed by atoms with Crippen molar-refractivity contribution in [3.63, 3.8) is 0 Å². The summed E-state index contributed by atoms with van der Waals surface area (Å²) in [5.41, 5.74) is 1.46. The van der Waals surface area contributed by atoms with E-state index in [9.17, 15) is 13.2 Å². The van der Waals surface area contributed by atoms with Gasteiger partial charge in [0, 0.05) is 12.7 Å². The molecule has 0 aromatic heterocycles. The monoisotopic (exact) mass is 300 g/mol. The number of benzene rings is 1. The predicted octanol–water partition coefficient (Wildman–Crippen LogP) is 1.66. The maximum absolute atomic E-state index is 11.9. The van der Waals surface area contributed by atoms with Crippen molar-refractivity contribution in [3.05, 3.63) is 29.8 Å². The Kier molecular flexibility index (Phi) is 4.77. The summed E-state index contributed by atoms with van der Waals surface area (Å²) in [6.07, 6.45) is 0. The standard InChI is InChI=1S/C13H20N2O4S/c1-13(2,3)10-5-7-11(8-6-10)14-20(18,19)15(4)9-12(16)17/h5-8,14H,9H2,1-4H3,(H,16,17). The minimum atomic E-state index is -3.85. The van der Waals surface area contributed by atoms with Gasteiger partial charge in [-0.1, -0.05) is 32.9 Å². The van der Waals surface area contributed by atoms with Gasteiger partial charge in [0.1, 0.15) is 6.54 Å². The summed E-state index contributed by atoms with van der Waals surface area (Å²) in [7, 11) is -2.65. The lowest BCUT2D eigenvalue weighted by atomic mass is 9.87. The van der Waals surface area contributed by atoms with Crippen LogP contribution in [0.4, 0.5) is 5.69 Å². The molecule has 1 aromatic rings. The zero-order chi connectivity index (χ0) is 15.6. The highest BCUT2D eigenvalue weighted by atomic mass is 32.2. The zero-order valence-electron chi connectivity index (χ0n) is 12.0. The van der Waals surface area contributed by atoms with E-state index in [-0.39, 0.29) is 5.41 Å². The molecule has 0 amide bonds. The van der Waals surface area contributed by atoms with Gasteiger partial charge in [0.2, 0.25) is 0 Å². The molecule has 0 aliphatic heterocycles. The Morgan fingerprint density at radius 2 is 1.75 bits per heavy atom. The second-order valence-electron chi connectivity index (χ2n) is 5.58. The van der Waals surface area contributed by atoms with Crippen LogP contribution in [0.3, 0.4) is 0 Å². The van der Waals surface area contributed by atoms with Gasteiger partial charge in [0.15, 0.2) is 0 Å². The molecule has 7 heteroatoms. The third kappa shape index (κ3) is 4.50. The average molecular weight is 300 g/mol. The zero-order valence-corrected chi connectivity index (χ0v) is 12.9. The van der Waals surface area contributed by atoms with Crippen molar-refractivity contribution in [3.8, 4) is 0 Å². The van der Waals surface area contributed by atoms with Gasteiger partial charge in [-0.2, -0.15) is 12.7 Å². The van der Waals surface area contributed by atoms with Crippen LogP contribution in [-0.4, -0.2) is 37.4 Å². The molecule has 0 bridgehead atoms. The summed E-state index contributed by atoms with van der Waals surface area (Å²) in [6.45, 7) is 5.60. The highest BCUT2D eigenvalue weighted by Gasteiger charge is 2.20. The number of carboxylic acids is 1. The topological polar surface area (TPSA) is 86.7 Å². The summed E-state index contributed by atoms with van der Waals surface area (Å²) in [5, 5.41) is 8.61. The van der Waals surface area contributed by atoms with Crippen LogP contribution in [0.2, 0.25) is 0 Å². The van der Waals surface area contributed by atoms with Gasteiger partial charge in [0.05, 0.1) is 0 Å². The van der Waals surface area contributed by atoms with Crippen molar-refractivity contribution in [2.45, 2.75) is 26.2 Å². The van der Waals surface area contributed by atoms with E-state index in [0.29, 0.717) is 5.69 Å².